The molecular formula is C18H19ClN2O. The summed E-state index contributed by atoms with van der Waals surface area (Å²) < 4.78 is 2.10. The van der Waals surface area contributed by atoms with Crippen molar-refractivity contribution >= 4 is 22.6 Å². The van der Waals surface area contributed by atoms with Crippen molar-refractivity contribution < 1.29 is 5.11 Å². The molecule has 3 rings (SSSR count). The number of aliphatic hydroxyl groups excluding tert-OH is 1. The fraction of sp³-hybridized carbons (Fsp3) is 0.278. The first-order valence-corrected chi connectivity index (χ1v) is 7.94. The predicted octanol–water partition coefficient (Wildman–Crippen LogP) is 4.57. The van der Waals surface area contributed by atoms with E-state index in [1.54, 1.807) is 0 Å². The topological polar surface area (TPSA) is 38.1 Å². The van der Waals surface area contributed by atoms with Crippen molar-refractivity contribution in [1.29, 1.82) is 0 Å². The Morgan fingerprint density at radius 3 is 2.59 bits per heavy atom. The predicted molar refractivity (Wildman–Crippen MR) is 90.2 cm³/mol. The first kappa shape index (κ1) is 15.1. The molecule has 3 aromatic rings. The minimum atomic E-state index is -0.537. The van der Waals surface area contributed by atoms with E-state index < -0.39 is 6.10 Å². The number of aliphatic hydroxyl groups is 1. The number of rotatable bonds is 5. The van der Waals surface area contributed by atoms with Crippen molar-refractivity contribution in [2.24, 2.45) is 0 Å². The number of halogens is 1. The number of hydrogen-bond donors (Lipinski definition) is 1. The summed E-state index contributed by atoms with van der Waals surface area (Å²) in [5.74, 6) is 0.734. The Morgan fingerprint density at radius 2 is 1.86 bits per heavy atom. The van der Waals surface area contributed by atoms with E-state index in [1.807, 2.05) is 48.5 Å². The highest BCUT2D eigenvalue weighted by Crippen LogP contribution is 2.25. The summed E-state index contributed by atoms with van der Waals surface area (Å²) in [7, 11) is 0. The summed E-state index contributed by atoms with van der Waals surface area (Å²) in [6.45, 7) is 2.74. The molecule has 2 aromatic carbocycles. The number of nitrogens with zero attached hydrogens (tertiary/aromatic N) is 2. The summed E-state index contributed by atoms with van der Waals surface area (Å²) in [6.07, 6.45) is 1.10. The number of fused-ring (bicyclic) bond motifs is 1. The third-order valence-electron chi connectivity index (χ3n) is 3.80. The van der Waals surface area contributed by atoms with Crippen LogP contribution in [0.3, 0.4) is 0 Å². The van der Waals surface area contributed by atoms with Crippen molar-refractivity contribution in [2.45, 2.75) is 32.4 Å². The molecule has 0 aliphatic carbocycles. The first-order chi connectivity index (χ1) is 10.7. The highest BCUT2D eigenvalue weighted by atomic mass is 35.5. The number of para-hydroxylation sites is 2. The molecule has 0 spiro atoms. The van der Waals surface area contributed by atoms with Crippen molar-refractivity contribution in [3.8, 4) is 0 Å². The molecule has 1 heterocycles. The highest BCUT2D eigenvalue weighted by molar-refractivity contribution is 6.30. The van der Waals surface area contributed by atoms with Crippen molar-refractivity contribution in [2.75, 3.05) is 0 Å². The molecule has 114 valence electrons. The van der Waals surface area contributed by atoms with E-state index >= 15 is 0 Å². The molecule has 0 amide bonds. The zero-order chi connectivity index (χ0) is 15.5. The lowest BCUT2D eigenvalue weighted by molar-refractivity contribution is 0.153. The van der Waals surface area contributed by atoms with Gasteiger partial charge in [-0.15, -0.1) is 0 Å². The standard InChI is InChI=1S/C18H19ClN2O/c1-2-5-17(22)18-20-15-6-3-4-7-16(15)21(18)12-13-8-10-14(19)11-9-13/h3-4,6-11,17,22H,2,5,12H2,1H3/t17-/m1/s1. The van der Waals surface area contributed by atoms with Crippen LogP contribution < -0.4 is 0 Å². The summed E-state index contributed by atoms with van der Waals surface area (Å²) in [5, 5.41) is 11.1. The van der Waals surface area contributed by atoms with E-state index in [2.05, 4.69) is 16.5 Å². The van der Waals surface area contributed by atoms with Crippen molar-refractivity contribution in [3.05, 3.63) is 64.9 Å². The molecule has 1 atom stereocenters. The maximum atomic E-state index is 10.4. The number of hydrogen-bond acceptors (Lipinski definition) is 2. The smallest absolute Gasteiger partial charge is 0.139 e. The lowest BCUT2D eigenvalue weighted by atomic mass is 10.2. The Bertz CT molecular complexity index is 764. The van der Waals surface area contributed by atoms with Crippen LogP contribution >= 0.6 is 11.6 Å². The number of imidazole rings is 1. The Balaban J connectivity index is 2.05. The van der Waals surface area contributed by atoms with Gasteiger partial charge in [0.2, 0.25) is 0 Å². The zero-order valence-corrected chi connectivity index (χ0v) is 13.3. The highest BCUT2D eigenvalue weighted by Gasteiger charge is 2.17. The van der Waals surface area contributed by atoms with E-state index in [1.165, 1.54) is 0 Å². The number of benzene rings is 2. The number of aromatic nitrogens is 2. The second kappa shape index (κ2) is 6.51. The van der Waals surface area contributed by atoms with Gasteiger partial charge in [-0.05, 0) is 36.2 Å². The molecule has 1 aromatic heterocycles. The molecule has 4 heteroatoms. The van der Waals surface area contributed by atoms with Gasteiger partial charge in [-0.3, -0.25) is 0 Å². The van der Waals surface area contributed by atoms with E-state index in [0.29, 0.717) is 13.0 Å². The lowest BCUT2D eigenvalue weighted by Crippen LogP contribution is -2.10. The molecule has 0 radical (unpaired) electrons. The molecule has 22 heavy (non-hydrogen) atoms. The molecule has 3 nitrogen and oxygen atoms in total. The zero-order valence-electron chi connectivity index (χ0n) is 12.5. The van der Waals surface area contributed by atoms with Crippen LogP contribution in [0.25, 0.3) is 11.0 Å². The van der Waals surface area contributed by atoms with Gasteiger partial charge in [0.1, 0.15) is 11.9 Å². The summed E-state index contributed by atoms with van der Waals surface area (Å²) >= 11 is 5.95. The average Bonchev–Trinajstić information content (AvgIpc) is 2.89. The van der Waals surface area contributed by atoms with E-state index in [4.69, 9.17) is 11.6 Å². The Morgan fingerprint density at radius 1 is 1.14 bits per heavy atom. The minimum Gasteiger partial charge on any atom is -0.385 e. The van der Waals surface area contributed by atoms with Crippen LogP contribution in [0.4, 0.5) is 0 Å². The minimum absolute atomic E-state index is 0.537. The van der Waals surface area contributed by atoms with Crippen molar-refractivity contribution in [1.82, 2.24) is 9.55 Å². The summed E-state index contributed by atoms with van der Waals surface area (Å²) in [4.78, 5) is 4.63. The third kappa shape index (κ3) is 3.01. The molecule has 0 aliphatic rings. The maximum absolute atomic E-state index is 10.4. The van der Waals surface area contributed by atoms with Crippen LogP contribution in [0.15, 0.2) is 48.5 Å². The Hall–Kier alpha value is -1.84. The second-order valence-corrected chi connectivity index (χ2v) is 5.91. The van der Waals surface area contributed by atoms with Crippen LogP contribution in [0.2, 0.25) is 5.02 Å². The van der Waals surface area contributed by atoms with Gasteiger partial charge in [-0.1, -0.05) is 49.2 Å². The van der Waals surface area contributed by atoms with Crippen LogP contribution in [-0.2, 0) is 6.54 Å². The summed E-state index contributed by atoms with van der Waals surface area (Å²) in [6, 6.07) is 15.8. The van der Waals surface area contributed by atoms with Gasteiger partial charge in [0.15, 0.2) is 0 Å². The molecule has 1 N–H and O–H groups in total. The SMILES string of the molecule is CCC[C@@H](O)c1nc2ccccc2n1Cc1ccc(Cl)cc1. The maximum Gasteiger partial charge on any atom is 0.139 e. The van der Waals surface area contributed by atoms with Gasteiger partial charge in [0, 0.05) is 11.6 Å². The van der Waals surface area contributed by atoms with E-state index in [0.717, 1.165) is 33.9 Å². The normalized spacial score (nSPS) is 12.7. The lowest BCUT2D eigenvalue weighted by Gasteiger charge is -2.13. The van der Waals surface area contributed by atoms with Gasteiger partial charge in [-0.2, -0.15) is 0 Å². The molecule has 0 bridgehead atoms. The molecule has 0 unspecified atom stereocenters. The van der Waals surface area contributed by atoms with Crippen LogP contribution in [0.5, 0.6) is 0 Å². The Kier molecular flexibility index (Phi) is 4.46. The second-order valence-electron chi connectivity index (χ2n) is 5.48. The monoisotopic (exact) mass is 314 g/mol. The average molecular weight is 315 g/mol. The third-order valence-corrected chi connectivity index (χ3v) is 4.05. The fourth-order valence-electron chi connectivity index (χ4n) is 2.69. The van der Waals surface area contributed by atoms with Gasteiger partial charge < -0.3 is 9.67 Å². The first-order valence-electron chi connectivity index (χ1n) is 7.56. The van der Waals surface area contributed by atoms with Gasteiger partial charge >= 0.3 is 0 Å². The van der Waals surface area contributed by atoms with Crippen LogP contribution in [0.1, 0.15) is 37.3 Å². The Labute approximate surface area is 135 Å². The van der Waals surface area contributed by atoms with Gasteiger partial charge in [-0.25, -0.2) is 4.98 Å². The van der Waals surface area contributed by atoms with E-state index in [9.17, 15) is 5.11 Å². The molecule has 0 aliphatic heterocycles. The molecule has 0 fully saturated rings. The van der Waals surface area contributed by atoms with Crippen molar-refractivity contribution in [3.63, 3.8) is 0 Å². The largest absolute Gasteiger partial charge is 0.385 e. The molecular weight excluding hydrogens is 296 g/mol. The molecule has 0 saturated heterocycles. The summed E-state index contributed by atoms with van der Waals surface area (Å²) in [5.41, 5.74) is 3.10. The van der Waals surface area contributed by atoms with Crippen LogP contribution in [0, 0.1) is 0 Å². The van der Waals surface area contributed by atoms with Crippen LogP contribution in [-0.4, -0.2) is 14.7 Å². The quantitative estimate of drug-likeness (QED) is 0.749. The molecule has 0 saturated carbocycles. The van der Waals surface area contributed by atoms with Gasteiger partial charge in [0.25, 0.3) is 0 Å². The van der Waals surface area contributed by atoms with Gasteiger partial charge in [0.05, 0.1) is 11.0 Å². The van der Waals surface area contributed by atoms with E-state index in [-0.39, 0.29) is 0 Å². The fourth-order valence-corrected chi connectivity index (χ4v) is 2.82.